The molecule has 1 saturated carbocycles. The molecule has 28 heavy (non-hydrogen) atoms. The Morgan fingerprint density at radius 1 is 1.00 bits per heavy atom. The molecule has 6 heteroatoms. The minimum Gasteiger partial charge on any atom is -0.481 e. The lowest BCUT2D eigenvalue weighted by Gasteiger charge is -2.39. The number of carboxylic acid groups (broad SMARTS) is 1. The number of carbonyl (C=O) groups is 2. The first-order chi connectivity index (χ1) is 13.4. The van der Waals surface area contributed by atoms with Crippen molar-refractivity contribution in [3.8, 4) is 0 Å². The van der Waals surface area contributed by atoms with Gasteiger partial charge in [-0.15, -0.1) is 0 Å². The monoisotopic (exact) mass is 385 g/mol. The zero-order chi connectivity index (χ0) is 19.9. The van der Waals surface area contributed by atoms with Crippen LogP contribution < -0.4 is 0 Å². The van der Waals surface area contributed by atoms with Crippen LogP contribution in [0.3, 0.4) is 0 Å². The zero-order valence-electron chi connectivity index (χ0n) is 15.3. The molecule has 146 valence electrons. The molecule has 1 aliphatic heterocycles. The van der Waals surface area contributed by atoms with E-state index in [-0.39, 0.29) is 23.3 Å². The Labute approximate surface area is 161 Å². The first kappa shape index (κ1) is 18.6. The number of hydrogen-bond acceptors (Lipinski definition) is 2. The van der Waals surface area contributed by atoms with Crippen LogP contribution in [0.2, 0.25) is 0 Å². The molecule has 0 radical (unpaired) electrons. The number of benzene rings is 2. The van der Waals surface area contributed by atoms with Gasteiger partial charge in [0.05, 0.1) is 5.41 Å². The third kappa shape index (κ3) is 3.07. The van der Waals surface area contributed by atoms with Gasteiger partial charge in [0, 0.05) is 19.0 Å². The Kier molecular flexibility index (Phi) is 4.65. The normalized spacial score (nSPS) is 23.3. The summed E-state index contributed by atoms with van der Waals surface area (Å²) >= 11 is 0. The van der Waals surface area contributed by atoms with E-state index in [2.05, 4.69) is 0 Å². The fraction of sp³-hybridized carbons (Fsp3) is 0.364. The van der Waals surface area contributed by atoms with E-state index in [4.69, 9.17) is 0 Å². The number of likely N-dealkylation sites (tertiary alicyclic amines) is 1. The maximum absolute atomic E-state index is 14.0. The summed E-state index contributed by atoms with van der Waals surface area (Å²) in [5, 5.41) is 9.86. The number of piperidine rings is 1. The smallest absolute Gasteiger partial charge is 0.314 e. The minimum atomic E-state index is -0.990. The summed E-state index contributed by atoms with van der Waals surface area (Å²) in [4.78, 5) is 26.5. The first-order valence-corrected chi connectivity index (χ1v) is 9.45. The van der Waals surface area contributed by atoms with E-state index in [1.807, 2.05) is 30.3 Å². The van der Waals surface area contributed by atoms with Gasteiger partial charge in [-0.3, -0.25) is 9.59 Å². The lowest BCUT2D eigenvalue weighted by atomic mass is 9.73. The molecular formula is C22H21F2NO3. The van der Waals surface area contributed by atoms with Crippen molar-refractivity contribution in [2.75, 3.05) is 13.1 Å². The molecule has 1 heterocycles. The van der Waals surface area contributed by atoms with Crippen LogP contribution in [0.1, 0.15) is 36.3 Å². The summed E-state index contributed by atoms with van der Waals surface area (Å²) in [6, 6.07) is 13.2. The van der Waals surface area contributed by atoms with Crippen LogP contribution in [-0.4, -0.2) is 35.0 Å². The van der Waals surface area contributed by atoms with E-state index in [1.165, 1.54) is 12.1 Å². The number of carboxylic acids is 1. The van der Waals surface area contributed by atoms with Crippen LogP contribution >= 0.6 is 0 Å². The van der Waals surface area contributed by atoms with Crippen molar-refractivity contribution < 1.29 is 23.5 Å². The number of carbonyl (C=O) groups excluding carboxylic acids is 1. The topological polar surface area (TPSA) is 57.6 Å². The molecule has 4 nitrogen and oxygen atoms in total. The molecule has 1 aliphatic carbocycles. The Morgan fingerprint density at radius 3 is 2.32 bits per heavy atom. The molecule has 2 aromatic rings. The molecule has 0 spiro atoms. The third-order valence-electron chi connectivity index (χ3n) is 6.15. The van der Waals surface area contributed by atoms with Crippen LogP contribution in [0.15, 0.2) is 48.5 Å². The molecule has 1 amide bonds. The minimum absolute atomic E-state index is 0.0966. The van der Waals surface area contributed by atoms with E-state index in [9.17, 15) is 23.5 Å². The molecule has 0 aromatic heterocycles. The average Bonchev–Trinajstić information content (AvgIpc) is 3.50. The van der Waals surface area contributed by atoms with Crippen molar-refractivity contribution in [3.05, 3.63) is 71.3 Å². The van der Waals surface area contributed by atoms with Gasteiger partial charge < -0.3 is 10.0 Å². The van der Waals surface area contributed by atoms with Gasteiger partial charge in [-0.25, -0.2) is 8.78 Å². The van der Waals surface area contributed by atoms with E-state index >= 15 is 0 Å². The van der Waals surface area contributed by atoms with Crippen molar-refractivity contribution in [3.63, 3.8) is 0 Å². The predicted octanol–water partition coefficient (Wildman–Crippen LogP) is 3.71. The van der Waals surface area contributed by atoms with Crippen LogP contribution in [0.25, 0.3) is 0 Å². The summed E-state index contributed by atoms with van der Waals surface area (Å²) in [5.74, 6) is -3.41. The molecule has 2 atom stereocenters. The number of hydrogen-bond donors (Lipinski definition) is 1. The van der Waals surface area contributed by atoms with Gasteiger partial charge in [0.2, 0.25) is 5.91 Å². The molecular weight excluding hydrogens is 364 g/mol. The Bertz CT molecular complexity index is 907. The van der Waals surface area contributed by atoms with Crippen molar-refractivity contribution in [1.82, 2.24) is 4.90 Å². The summed E-state index contributed by atoms with van der Waals surface area (Å²) in [6.45, 7) is 0.684. The fourth-order valence-electron chi connectivity index (χ4n) is 4.35. The van der Waals surface area contributed by atoms with Gasteiger partial charge in [0.1, 0.15) is 0 Å². The molecule has 2 aromatic carbocycles. The van der Waals surface area contributed by atoms with Gasteiger partial charge in [0.25, 0.3) is 0 Å². The molecule has 0 unspecified atom stereocenters. The molecule has 1 N–H and O–H groups in total. The maximum atomic E-state index is 14.0. The quantitative estimate of drug-likeness (QED) is 0.873. The van der Waals surface area contributed by atoms with Crippen molar-refractivity contribution in [2.24, 2.45) is 5.92 Å². The summed E-state index contributed by atoms with van der Waals surface area (Å²) in [7, 11) is 0. The zero-order valence-corrected chi connectivity index (χ0v) is 15.3. The summed E-state index contributed by atoms with van der Waals surface area (Å²) in [5.41, 5.74) is 0.00982. The largest absolute Gasteiger partial charge is 0.481 e. The third-order valence-corrected chi connectivity index (χ3v) is 6.15. The van der Waals surface area contributed by atoms with Crippen LogP contribution in [0.5, 0.6) is 0 Å². The molecule has 1 saturated heterocycles. The van der Waals surface area contributed by atoms with Gasteiger partial charge in [0.15, 0.2) is 11.6 Å². The number of nitrogens with zero attached hydrogens (tertiary/aromatic N) is 1. The Morgan fingerprint density at radius 2 is 1.68 bits per heavy atom. The maximum Gasteiger partial charge on any atom is 0.314 e. The SMILES string of the molecule is O=C([C@@H]1C[C@@H]1c1cccc(F)c1F)N1CCC(C(=O)O)(c2ccccc2)CC1. The Hall–Kier alpha value is -2.76. The Balaban J connectivity index is 1.45. The van der Waals surface area contributed by atoms with Crippen molar-refractivity contribution in [1.29, 1.82) is 0 Å². The van der Waals surface area contributed by atoms with E-state index < -0.39 is 23.0 Å². The summed E-state index contributed by atoms with van der Waals surface area (Å²) < 4.78 is 27.4. The highest BCUT2D eigenvalue weighted by Crippen LogP contribution is 2.50. The number of rotatable bonds is 4. The second-order valence-electron chi connectivity index (χ2n) is 7.67. The lowest BCUT2D eigenvalue weighted by molar-refractivity contribution is -0.148. The highest BCUT2D eigenvalue weighted by Gasteiger charge is 2.50. The van der Waals surface area contributed by atoms with Gasteiger partial charge in [-0.05, 0) is 42.4 Å². The fourth-order valence-corrected chi connectivity index (χ4v) is 4.35. The first-order valence-electron chi connectivity index (χ1n) is 9.45. The lowest BCUT2D eigenvalue weighted by Crippen LogP contribution is -2.49. The van der Waals surface area contributed by atoms with Crippen molar-refractivity contribution in [2.45, 2.75) is 30.6 Å². The standard InChI is InChI=1S/C22H21F2NO3/c23-18-8-4-7-15(19(18)24)16-13-17(16)20(26)25-11-9-22(10-12-25,21(27)28)14-5-2-1-3-6-14/h1-8,16-17H,9-13H2,(H,27,28)/t16-,17-/m1/s1. The van der Waals surface area contributed by atoms with Gasteiger partial charge in [-0.1, -0.05) is 42.5 Å². The van der Waals surface area contributed by atoms with Crippen LogP contribution in [-0.2, 0) is 15.0 Å². The highest BCUT2D eigenvalue weighted by atomic mass is 19.2. The number of amides is 1. The number of halogens is 2. The second kappa shape index (κ2) is 7.00. The molecule has 2 aliphatic rings. The van der Waals surface area contributed by atoms with Crippen molar-refractivity contribution >= 4 is 11.9 Å². The van der Waals surface area contributed by atoms with E-state index in [0.29, 0.717) is 32.4 Å². The molecule has 4 rings (SSSR count). The highest BCUT2D eigenvalue weighted by molar-refractivity contribution is 5.85. The van der Waals surface area contributed by atoms with Crippen LogP contribution in [0.4, 0.5) is 8.78 Å². The van der Waals surface area contributed by atoms with E-state index in [0.717, 1.165) is 11.6 Å². The molecule has 0 bridgehead atoms. The van der Waals surface area contributed by atoms with E-state index in [1.54, 1.807) is 4.90 Å². The number of aliphatic carboxylic acids is 1. The van der Waals surface area contributed by atoms with Gasteiger partial charge >= 0.3 is 5.97 Å². The average molecular weight is 385 g/mol. The predicted molar refractivity (Wildman–Crippen MR) is 98.8 cm³/mol. The molecule has 2 fully saturated rings. The van der Waals surface area contributed by atoms with Crippen LogP contribution in [0, 0.1) is 17.6 Å². The summed E-state index contributed by atoms with van der Waals surface area (Å²) in [6.07, 6.45) is 1.17. The second-order valence-corrected chi connectivity index (χ2v) is 7.67. The van der Waals surface area contributed by atoms with Gasteiger partial charge in [-0.2, -0.15) is 0 Å².